The first-order valence-corrected chi connectivity index (χ1v) is 14.1. The first-order valence-electron chi connectivity index (χ1n) is 13.3. The zero-order valence-electron chi connectivity index (χ0n) is 23.5. The molecule has 0 aliphatic carbocycles. The number of aryl methyl sites for hydroxylation is 1. The lowest BCUT2D eigenvalue weighted by Gasteiger charge is -2.14. The van der Waals surface area contributed by atoms with Gasteiger partial charge in [0.15, 0.2) is 18.1 Å². The first kappa shape index (κ1) is 30.2. The van der Waals surface area contributed by atoms with Crippen LogP contribution in [0.3, 0.4) is 0 Å². The number of para-hydroxylation sites is 1. The predicted molar refractivity (Wildman–Crippen MR) is 162 cm³/mol. The highest BCUT2D eigenvalue weighted by molar-refractivity contribution is 8.18. The zero-order chi connectivity index (χ0) is 30.1. The largest absolute Gasteiger partial charge is 0.494 e. The van der Waals surface area contributed by atoms with Crippen LogP contribution in [0.5, 0.6) is 17.2 Å². The minimum atomic E-state index is -0.571. The molecular formula is C31H31N3O7S. The number of imide groups is 1. The average molecular weight is 590 g/mol. The van der Waals surface area contributed by atoms with Gasteiger partial charge in [-0.05, 0) is 92.2 Å². The van der Waals surface area contributed by atoms with E-state index < -0.39 is 23.6 Å². The Balaban J connectivity index is 1.38. The van der Waals surface area contributed by atoms with Crippen LogP contribution in [0.1, 0.15) is 25.0 Å². The van der Waals surface area contributed by atoms with Gasteiger partial charge < -0.3 is 24.8 Å². The number of nitrogens with one attached hydrogen (secondary N) is 2. The molecule has 0 saturated carbocycles. The number of nitrogens with zero attached hydrogens (tertiary/aromatic N) is 1. The third-order valence-electron chi connectivity index (χ3n) is 5.97. The number of rotatable bonds is 12. The molecule has 0 spiro atoms. The molecule has 0 atom stereocenters. The Labute approximate surface area is 248 Å². The Morgan fingerprint density at radius 1 is 0.857 bits per heavy atom. The van der Waals surface area contributed by atoms with Crippen molar-refractivity contribution in [3.05, 3.63) is 82.8 Å². The molecule has 10 nitrogen and oxygen atoms in total. The van der Waals surface area contributed by atoms with Crippen LogP contribution in [0, 0.1) is 6.92 Å². The van der Waals surface area contributed by atoms with Crippen LogP contribution in [0.15, 0.2) is 71.6 Å². The second kappa shape index (κ2) is 14.2. The third kappa shape index (κ3) is 7.91. The lowest BCUT2D eigenvalue weighted by molar-refractivity contribution is -0.127. The summed E-state index contributed by atoms with van der Waals surface area (Å²) in [5, 5.41) is 4.95. The minimum absolute atomic E-state index is 0.169. The molecule has 0 bridgehead atoms. The van der Waals surface area contributed by atoms with E-state index in [1.54, 1.807) is 48.5 Å². The number of anilines is 2. The van der Waals surface area contributed by atoms with E-state index in [1.807, 2.05) is 45.0 Å². The van der Waals surface area contributed by atoms with Crippen LogP contribution in [-0.2, 0) is 14.4 Å². The second-order valence-corrected chi connectivity index (χ2v) is 10.1. The molecular weight excluding hydrogens is 558 g/mol. The van der Waals surface area contributed by atoms with E-state index in [2.05, 4.69) is 10.6 Å². The zero-order valence-corrected chi connectivity index (χ0v) is 24.3. The van der Waals surface area contributed by atoms with Crippen LogP contribution in [0.2, 0.25) is 0 Å². The maximum atomic E-state index is 13.0. The molecule has 1 heterocycles. The van der Waals surface area contributed by atoms with Crippen LogP contribution in [-0.4, -0.2) is 54.2 Å². The fourth-order valence-corrected chi connectivity index (χ4v) is 4.82. The van der Waals surface area contributed by atoms with Crippen molar-refractivity contribution >= 4 is 52.2 Å². The molecule has 1 aliphatic heterocycles. The molecule has 3 aromatic carbocycles. The van der Waals surface area contributed by atoms with Crippen LogP contribution < -0.4 is 24.8 Å². The summed E-state index contributed by atoms with van der Waals surface area (Å²) in [6, 6.07) is 19.2. The van der Waals surface area contributed by atoms with Crippen LogP contribution >= 0.6 is 11.8 Å². The summed E-state index contributed by atoms with van der Waals surface area (Å²) in [6.07, 6.45) is 1.55. The molecule has 11 heteroatoms. The van der Waals surface area contributed by atoms with E-state index in [0.29, 0.717) is 47.4 Å². The first-order chi connectivity index (χ1) is 20.3. The van der Waals surface area contributed by atoms with Gasteiger partial charge in [-0.1, -0.05) is 24.3 Å². The summed E-state index contributed by atoms with van der Waals surface area (Å²) >= 11 is 0.749. The predicted octanol–water partition coefficient (Wildman–Crippen LogP) is 5.48. The van der Waals surface area contributed by atoms with Gasteiger partial charge in [0.25, 0.3) is 17.1 Å². The van der Waals surface area contributed by atoms with Crippen molar-refractivity contribution in [3.8, 4) is 17.2 Å². The van der Waals surface area contributed by atoms with Crippen molar-refractivity contribution in [1.29, 1.82) is 0 Å². The number of hydrogen-bond donors (Lipinski definition) is 2. The Morgan fingerprint density at radius 2 is 1.60 bits per heavy atom. The molecule has 1 fully saturated rings. The summed E-state index contributed by atoms with van der Waals surface area (Å²) in [6.45, 7) is 5.80. The lowest BCUT2D eigenvalue weighted by atomic mass is 10.2. The summed E-state index contributed by atoms with van der Waals surface area (Å²) in [4.78, 5) is 51.6. The molecule has 0 aromatic heterocycles. The Kier molecular flexibility index (Phi) is 10.2. The number of amides is 4. The quantitative estimate of drug-likeness (QED) is 0.266. The van der Waals surface area contributed by atoms with Gasteiger partial charge in [0, 0.05) is 11.4 Å². The normalized spacial score (nSPS) is 13.7. The highest BCUT2D eigenvalue weighted by Crippen LogP contribution is 2.35. The number of ether oxygens (including phenoxy) is 3. The molecule has 4 amide bonds. The fourth-order valence-electron chi connectivity index (χ4n) is 3.98. The number of hydrogen-bond acceptors (Lipinski definition) is 8. The standard InChI is InChI=1S/C31H31N3O7S/c1-4-39-23-13-11-22(12-14-23)32-28(35)18-34-30(37)27(42-31(34)38)17-21-10-15-25(26(16-21)40-5-2)41-19-29(36)33-24-9-7-6-8-20(24)3/h6-17H,4-5,18-19H2,1-3H3,(H,32,35)(H,33,36)/b27-17-. The van der Waals surface area contributed by atoms with Gasteiger partial charge >= 0.3 is 0 Å². The molecule has 0 radical (unpaired) electrons. The van der Waals surface area contributed by atoms with Crippen LogP contribution in [0.25, 0.3) is 6.08 Å². The van der Waals surface area contributed by atoms with E-state index in [0.717, 1.165) is 22.2 Å². The van der Waals surface area contributed by atoms with Gasteiger partial charge in [-0.2, -0.15) is 0 Å². The van der Waals surface area contributed by atoms with Crippen molar-refractivity contribution in [1.82, 2.24) is 4.90 Å². The molecule has 42 heavy (non-hydrogen) atoms. The van der Waals surface area contributed by atoms with E-state index >= 15 is 0 Å². The van der Waals surface area contributed by atoms with Gasteiger partial charge in [-0.25, -0.2) is 0 Å². The number of thioether (sulfide) groups is 1. The average Bonchev–Trinajstić information content (AvgIpc) is 3.22. The van der Waals surface area contributed by atoms with Gasteiger partial charge in [0.05, 0.1) is 18.1 Å². The molecule has 3 aromatic rings. The molecule has 2 N–H and O–H groups in total. The van der Waals surface area contributed by atoms with E-state index in [4.69, 9.17) is 14.2 Å². The van der Waals surface area contributed by atoms with E-state index in [-0.39, 0.29) is 17.4 Å². The molecule has 1 saturated heterocycles. The minimum Gasteiger partial charge on any atom is -0.494 e. The summed E-state index contributed by atoms with van der Waals surface area (Å²) in [7, 11) is 0. The highest BCUT2D eigenvalue weighted by atomic mass is 32.2. The molecule has 0 unspecified atom stereocenters. The highest BCUT2D eigenvalue weighted by Gasteiger charge is 2.36. The molecule has 4 rings (SSSR count). The van der Waals surface area contributed by atoms with Crippen LogP contribution in [0.4, 0.5) is 16.2 Å². The SMILES string of the molecule is CCOc1ccc(NC(=O)CN2C(=O)S/C(=C\c3ccc(OCC(=O)Nc4ccccc4C)c(OCC)c3)C2=O)cc1. The summed E-state index contributed by atoms with van der Waals surface area (Å²) in [5.74, 6) is 0.00238. The molecule has 218 valence electrons. The van der Waals surface area contributed by atoms with Crippen molar-refractivity contribution in [2.75, 3.05) is 37.0 Å². The number of benzene rings is 3. The molecule has 1 aliphatic rings. The Bertz CT molecular complexity index is 1500. The monoisotopic (exact) mass is 589 g/mol. The Morgan fingerprint density at radius 3 is 2.31 bits per heavy atom. The third-order valence-corrected chi connectivity index (χ3v) is 6.88. The summed E-state index contributed by atoms with van der Waals surface area (Å²) < 4.78 is 16.8. The topological polar surface area (TPSA) is 123 Å². The van der Waals surface area contributed by atoms with Crippen molar-refractivity contribution in [2.24, 2.45) is 0 Å². The van der Waals surface area contributed by atoms with Gasteiger partial charge in [0.1, 0.15) is 12.3 Å². The van der Waals surface area contributed by atoms with Crippen molar-refractivity contribution < 1.29 is 33.4 Å². The second-order valence-electron chi connectivity index (χ2n) is 9.06. The van der Waals surface area contributed by atoms with E-state index in [9.17, 15) is 19.2 Å². The van der Waals surface area contributed by atoms with E-state index in [1.165, 1.54) is 0 Å². The smallest absolute Gasteiger partial charge is 0.294 e. The fraction of sp³-hybridized carbons (Fsp3) is 0.226. The van der Waals surface area contributed by atoms with Crippen molar-refractivity contribution in [2.45, 2.75) is 20.8 Å². The number of carbonyl (C=O) groups is 4. The van der Waals surface area contributed by atoms with Crippen molar-refractivity contribution in [3.63, 3.8) is 0 Å². The summed E-state index contributed by atoms with van der Waals surface area (Å²) in [5.41, 5.74) is 2.74. The Hall–Kier alpha value is -4.77. The maximum absolute atomic E-state index is 13.0. The maximum Gasteiger partial charge on any atom is 0.294 e. The van der Waals surface area contributed by atoms with Gasteiger partial charge in [0.2, 0.25) is 5.91 Å². The van der Waals surface area contributed by atoms with Gasteiger partial charge in [-0.15, -0.1) is 0 Å². The van der Waals surface area contributed by atoms with Gasteiger partial charge in [-0.3, -0.25) is 24.1 Å². The number of carbonyl (C=O) groups excluding carboxylic acids is 4. The lowest BCUT2D eigenvalue weighted by Crippen LogP contribution is -2.36.